The quantitative estimate of drug-likeness (QED) is 0.685. The van der Waals surface area contributed by atoms with E-state index in [-0.39, 0.29) is 0 Å². The first kappa shape index (κ1) is 12.5. The normalized spacial score (nSPS) is 16.0. The van der Waals surface area contributed by atoms with E-state index in [1.54, 1.807) is 6.92 Å². The van der Waals surface area contributed by atoms with Gasteiger partial charge in [-0.05, 0) is 25.8 Å². The number of allylic oxidation sites excluding steroid dienone is 1. The Balaban J connectivity index is 4.06. The molecule has 0 amide bonds. The van der Waals surface area contributed by atoms with Crippen molar-refractivity contribution in [1.82, 2.24) is 0 Å². The zero-order chi connectivity index (χ0) is 10.5. The van der Waals surface area contributed by atoms with E-state index in [2.05, 4.69) is 0 Å². The van der Waals surface area contributed by atoms with Crippen LogP contribution in [0.3, 0.4) is 0 Å². The molecule has 0 aromatic rings. The van der Waals surface area contributed by atoms with Crippen LogP contribution in [0.1, 0.15) is 33.1 Å². The molecular weight excluding hydrogens is 181 g/mol. The minimum absolute atomic E-state index is 0.590. The number of aliphatic hydroxyl groups is 1. The van der Waals surface area contributed by atoms with Gasteiger partial charge in [0.05, 0.1) is 0 Å². The van der Waals surface area contributed by atoms with Crippen molar-refractivity contribution in [3.63, 3.8) is 0 Å². The largest absolute Gasteiger partial charge is 0.417 e. The molecule has 0 rings (SSSR count). The second-order valence-corrected chi connectivity index (χ2v) is 3.10. The second-order valence-electron chi connectivity index (χ2n) is 3.10. The van der Waals surface area contributed by atoms with Gasteiger partial charge in [0.2, 0.25) is 0 Å². The predicted molar refractivity (Wildman–Crippen MR) is 45.3 cm³/mol. The lowest BCUT2D eigenvalue weighted by molar-refractivity contribution is -0.188. The van der Waals surface area contributed by atoms with E-state index in [1.807, 2.05) is 6.92 Å². The summed E-state index contributed by atoms with van der Waals surface area (Å²) in [6.45, 7) is 3.57. The zero-order valence-corrected chi connectivity index (χ0v) is 7.86. The van der Waals surface area contributed by atoms with E-state index in [0.29, 0.717) is 12.0 Å². The van der Waals surface area contributed by atoms with Crippen molar-refractivity contribution in [3.8, 4) is 0 Å². The smallest absolute Gasteiger partial charge is 0.380 e. The van der Waals surface area contributed by atoms with Crippen molar-refractivity contribution in [1.29, 1.82) is 0 Å². The summed E-state index contributed by atoms with van der Waals surface area (Å²) in [5.41, 5.74) is 0.590. The van der Waals surface area contributed by atoms with Gasteiger partial charge in [-0.2, -0.15) is 13.2 Å². The molecule has 0 aliphatic rings. The lowest BCUT2D eigenvalue weighted by Crippen LogP contribution is -2.26. The maximum atomic E-state index is 11.8. The lowest BCUT2D eigenvalue weighted by Gasteiger charge is -2.11. The summed E-state index contributed by atoms with van der Waals surface area (Å²) in [5, 5.41) is 8.65. The molecule has 0 saturated heterocycles. The van der Waals surface area contributed by atoms with Crippen LogP contribution in [-0.4, -0.2) is 17.4 Å². The van der Waals surface area contributed by atoms with Crippen LogP contribution >= 0.6 is 0 Å². The van der Waals surface area contributed by atoms with Gasteiger partial charge in [0.25, 0.3) is 0 Å². The van der Waals surface area contributed by atoms with Gasteiger partial charge < -0.3 is 5.11 Å². The number of alkyl halides is 3. The Morgan fingerprint density at radius 2 is 2.00 bits per heavy atom. The van der Waals surface area contributed by atoms with E-state index < -0.39 is 12.3 Å². The predicted octanol–water partition coefficient (Wildman–Crippen LogP) is 3.05. The van der Waals surface area contributed by atoms with E-state index in [9.17, 15) is 13.2 Å². The van der Waals surface area contributed by atoms with Crippen molar-refractivity contribution >= 4 is 0 Å². The molecule has 13 heavy (non-hydrogen) atoms. The maximum absolute atomic E-state index is 11.8. The standard InChI is InChI=1S/C9H15F3O/c1-3-4-5-7(2)6-8(13)9(10,11)12/h6,8,13H,3-5H2,1-2H3/b7-6-. The van der Waals surface area contributed by atoms with Gasteiger partial charge in [-0.1, -0.05) is 18.9 Å². The molecule has 0 fully saturated rings. The number of halogens is 3. The minimum Gasteiger partial charge on any atom is -0.380 e. The summed E-state index contributed by atoms with van der Waals surface area (Å²) in [7, 11) is 0. The third-order valence-corrected chi connectivity index (χ3v) is 1.70. The Morgan fingerprint density at radius 1 is 1.46 bits per heavy atom. The molecule has 0 aromatic carbocycles. The van der Waals surface area contributed by atoms with Gasteiger partial charge >= 0.3 is 6.18 Å². The monoisotopic (exact) mass is 196 g/mol. The Hall–Kier alpha value is -0.510. The van der Waals surface area contributed by atoms with E-state index in [1.165, 1.54) is 0 Å². The first-order valence-corrected chi connectivity index (χ1v) is 4.30. The fourth-order valence-electron chi connectivity index (χ4n) is 0.903. The number of rotatable bonds is 4. The molecule has 4 heteroatoms. The highest BCUT2D eigenvalue weighted by Gasteiger charge is 2.36. The second kappa shape index (κ2) is 5.27. The first-order valence-electron chi connectivity index (χ1n) is 4.30. The Bertz CT molecular complexity index is 172. The van der Waals surface area contributed by atoms with Crippen LogP contribution in [-0.2, 0) is 0 Å². The summed E-state index contributed by atoms with van der Waals surface area (Å²) in [5.74, 6) is 0. The van der Waals surface area contributed by atoms with E-state index in [4.69, 9.17) is 5.11 Å². The average Bonchev–Trinajstić information content (AvgIpc) is 1.99. The first-order chi connectivity index (χ1) is 5.88. The van der Waals surface area contributed by atoms with Gasteiger partial charge in [0, 0.05) is 0 Å². The third-order valence-electron chi connectivity index (χ3n) is 1.70. The van der Waals surface area contributed by atoms with E-state index in [0.717, 1.165) is 18.9 Å². The van der Waals surface area contributed by atoms with Crippen LogP contribution < -0.4 is 0 Å². The maximum Gasteiger partial charge on any atom is 0.417 e. The summed E-state index contributed by atoms with van der Waals surface area (Å²) >= 11 is 0. The number of hydrogen-bond donors (Lipinski definition) is 1. The van der Waals surface area contributed by atoms with Gasteiger partial charge in [0.15, 0.2) is 6.10 Å². The summed E-state index contributed by atoms with van der Waals surface area (Å²) < 4.78 is 35.5. The molecule has 0 heterocycles. The molecule has 1 unspecified atom stereocenters. The van der Waals surface area contributed by atoms with Crippen LogP contribution in [0.5, 0.6) is 0 Å². The van der Waals surface area contributed by atoms with Crippen molar-refractivity contribution in [2.45, 2.75) is 45.4 Å². The lowest BCUT2D eigenvalue weighted by atomic mass is 10.1. The minimum atomic E-state index is -4.53. The highest BCUT2D eigenvalue weighted by atomic mass is 19.4. The van der Waals surface area contributed by atoms with Crippen LogP contribution in [0.4, 0.5) is 13.2 Å². The van der Waals surface area contributed by atoms with Crippen molar-refractivity contribution in [3.05, 3.63) is 11.6 Å². The van der Waals surface area contributed by atoms with Gasteiger partial charge in [-0.3, -0.25) is 0 Å². The number of hydrogen-bond acceptors (Lipinski definition) is 1. The molecule has 1 N–H and O–H groups in total. The highest BCUT2D eigenvalue weighted by molar-refractivity contribution is 5.03. The molecule has 78 valence electrons. The molecule has 0 aromatic heterocycles. The SMILES string of the molecule is CCCC/C(C)=C\C(O)C(F)(F)F. The summed E-state index contributed by atoms with van der Waals surface area (Å²) in [6.07, 6.45) is -3.57. The van der Waals surface area contributed by atoms with Crippen molar-refractivity contribution < 1.29 is 18.3 Å². The third kappa shape index (κ3) is 5.69. The van der Waals surface area contributed by atoms with Gasteiger partial charge in [-0.15, -0.1) is 0 Å². The van der Waals surface area contributed by atoms with Crippen molar-refractivity contribution in [2.75, 3.05) is 0 Å². The highest BCUT2D eigenvalue weighted by Crippen LogP contribution is 2.22. The van der Waals surface area contributed by atoms with Crippen LogP contribution in [0.2, 0.25) is 0 Å². The molecule has 0 spiro atoms. The fraction of sp³-hybridized carbons (Fsp3) is 0.778. The van der Waals surface area contributed by atoms with Crippen LogP contribution in [0, 0.1) is 0 Å². The van der Waals surface area contributed by atoms with E-state index >= 15 is 0 Å². The molecule has 1 atom stereocenters. The van der Waals surface area contributed by atoms with Gasteiger partial charge in [-0.25, -0.2) is 0 Å². The molecule has 1 nitrogen and oxygen atoms in total. The van der Waals surface area contributed by atoms with Gasteiger partial charge in [0.1, 0.15) is 0 Å². The summed E-state index contributed by atoms with van der Waals surface area (Å²) in [6, 6.07) is 0. The topological polar surface area (TPSA) is 20.2 Å². The zero-order valence-electron chi connectivity index (χ0n) is 7.86. The van der Waals surface area contributed by atoms with Crippen LogP contribution in [0.15, 0.2) is 11.6 Å². The Labute approximate surface area is 76.3 Å². The number of aliphatic hydroxyl groups excluding tert-OH is 1. The molecule has 0 aliphatic heterocycles. The molecule has 0 bridgehead atoms. The molecule has 0 aliphatic carbocycles. The van der Waals surface area contributed by atoms with Crippen LogP contribution in [0.25, 0.3) is 0 Å². The molecule has 0 radical (unpaired) electrons. The average molecular weight is 196 g/mol. The Morgan fingerprint density at radius 3 is 2.38 bits per heavy atom. The fourth-order valence-corrected chi connectivity index (χ4v) is 0.903. The Kier molecular flexibility index (Phi) is 5.06. The summed E-state index contributed by atoms with van der Waals surface area (Å²) in [4.78, 5) is 0. The molecule has 0 saturated carbocycles. The molecular formula is C9H15F3O. The van der Waals surface area contributed by atoms with Crippen molar-refractivity contribution in [2.24, 2.45) is 0 Å². The number of unbranched alkanes of at least 4 members (excludes halogenated alkanes) is 1.